The van der Waals surface area contributed by atoms with Crippen LogP contribution in [0.15, 0.2) is 72.8 Å². The van der Waals surface area contributed by atoms with E-state index in [0.29, 0.717) is 30.5 Å². The highest BCUT2D eigenvalue weighted by Crippen LogP contribution is 2.47. The third-order valence-corrected chi connectivity index (χ3v) is 11.0. The standard InChI is InChI=1S/C39H49FN2O13S/c1-56(52,53)41-20-2-3-23-6-14-28(15-7-23)42-31(26-8-4-24(5-9-26)18-19-39(51,21-43)22-44)29(36(42)48)16-17-30(25-10-12-27(40)13-11-25)54-38-34(47)32(45)33(46)35(55-38)37(49)50/h4-15,29-35,38,41,43-47,51H,2-3,16-22H2,1H3,(H,49,50)/t29?,30-,31+,32-,33-,34+,35-,38?/m0/s1. The van der Waals surface area contributed by atoms with Crippen LogP contribution in [0.3, 0.4) is 0 Å². The second-order valence-electron chi connectivity index (χ2n) is 14.5. The molecule has 0 saturated carbocycles. The lowest BCUT2D eigenvalue weighted by Gasteiger charge is -2.48. The number of nitrogens with one attached hydrogen (secondary N) is 1. The Labute approximate surface area is 324 Å². The largest absolute Gasteiger partial charge is 0.479 e. The van der Waals surface area contributed by atoms with Crippen molar-refractivity contribution in [2.75, 3.05) is 30.9 Å². The van der Waals surface area contributed by atoms with Crippen molar-refractivity contribution in [3.63, 3.8) is 0 Å². The number of carboxylic acids is 1. The topological polar surface area (TPSA) is 244 Å². The fraction of sp³-hybridized carbons (Fsp3) is 0.487. The molecule has 2 aliphatic rings. The number of carbonyl (C=O) groups is 2. The molecular weight excluding hydrogens is 755 g/mol. The van der Waals surface area contributed by atoms with Gasteiger partial charge >= 0.3 is 5.97 Å². The Morgan fingerprint density at radius 3 is 2.12 bits per heavy atom. The maximum Gasteiger partial charge on any atom is 0.335 e. The van der Waals surface area contributed by atoms with E-state index in [9.17, 15) is 58.1 Å². The Bertz CT molecular complexity index is 1880. The number of halogens is 1. The van der Waals surface area contributed by atoms with Crippen LogP contribution in [0.1, 0.15) is 60.1 Å². The normalized spacial score (nSPS) is 24.8. The molecule has 15 nitrogen and oxygen atoms in total. The molecule has 0 radical (unpaired) electrons. The van der Waals surface area contributed by atoms with E-state index in [-0.39, 0.29) is 31.7 Å². The molecule has 2 saturated heterocycles. The van der Waals surface area contributed by atoms with Gasteiger partial charge < -0.3 is 50.1 Å². The minimum atomic E-state index is -3.31. The summed E-state index contributed by atoms with van der Waals surface area (Å²) < 4.78 is 50.6. The summed E-state index contributed by atoms with van der Waals surface area (Å²) in [7, 11) is -3.31. The Morgan fingerprint density at radius 1 is 0.929 bits per heavy atom. The fourth-order valence-corrected chi connectivity index (χ4v) is 7.50. The third-order valence-electron chi connectivity index (χ3n) is 10.3. The number of rotatable bonds is 19. The van der Waals surface area contributed by atoms with Crippen molar-refractivity contribution in [2.45, 2.75) is 87.0 Å². The Morgan fingerprint density at radius 2 is 1.54 bits per heavy atom. The molecule has 0 aromatic heterocycles. The molecule has 306 valence electrons. The van der Waals surface area contributed by atoms with Crippen LogP contribution in [-0.4, -0.2) is 118 Å². The molecule has 2 unspecified atom stereocenters. The van der Waals surface area contributed by atoms with Gasteiger partial charge in [0.1, 0.15) is 29.7 Å². The summed E-state index contributed by atoms with van der Waals surface area (Å²) in [4.78, 5) is 27.4. The van der Waals surface area contributed by atoms with Crippen molar-refractivity contribution >= 4 is 27.6 Å². The van der Waals surface area contributed by atoms with E-state index in [2.05, 4.69) is 4.72 Å². The maximum atomic E-state index is 14.0. The zero-order valence-electron chi connectivity index (χ0n) is 30.7. The number of nitrogens with zero attached hydrogens (tertiary/aromatic N) is 1. The molecule has 8 atom stereocenters. The van der Waals surface area contributed by atoms with Crippen molar-refractivity contribution in [1.29, 1.82) is 0 Å². The summed E-state index contributed by atoms with van der Waals surface area (Å²) in [5, 5.41) is 70.1. The van der Waals surface area contributed by atoms with Gasteiger partial charge in [-0.25, -0.2) is 22.3 Å². The first-order valence-electron chi connectivity index (χ1n) is 18.3. The Balaban J connectivity index is 1.38. The highest BCUT2D eigenvalue weighted by atomic mass is 32.2. The van der Waals surface area contributed by atoms with Crippen LogP contribution in [-0.2, 0) is 41.9 Å². The maximum absolute atomic E-state index is 14.0. The number of amides is 1. The summed E-state index contributed by atoms with van der Waals surface area (Å²) in [6, 6.07) is 19.5. The van der Waals surface area contributed by atoms with Crippen LogP contribution in [0, 0.1) is 11.7 Å². The third kappa shape index (κ3) is 10.5. The van der Waals surface area contributed by atoms with E-state index in [0.717, 1.165) is 22.9 Å². The predicted molar refractivity (Wildman–Crippen MR) is 199 cm³/mol. The number of aryl methyl sites for hydroxylation is 2. The second kappa shape index (κ2) is 18.6. The van der Waals surface area contributed by atoms with Crippen molar-refractivity contribution in [1.82, 2.24) is 4.72 Å². The summed E-state index contributed by atoms with van der Waals surface area (Å²) in [6.07, 6.45) is -7.23. The van der Waals surface area contributed by atoms with Gasteiger partial charge in [-0.15, -0.1) is 0 Å². The molecule has 5 rings (SSSR count). The van der Waals surface area contributed by atoms with Gasteiger partial charge in [0.05, 0.1) is 37.5 Å². The van der Waals surface area contributed by atoms with Crippen LogP contribution in [0.5, 0.6) is 0 Å². The average molecular weight is 805 g/mol. The first-order chi connectivity index (χ1) is 26.5. The monoisotopic (exact) mass is 804 g/mol. The van der Waals surface area contributed by atoms with Crippen molar-refractivity contribution in [3.05, 3.63) is 101 Å². The lowest BCUT2D eigenvalue weighted by molar-refractivity contribution is -0.306. The predicted octanol–water partition coefficient (Wildman–Crippen LogP) is 1.09. The van der Waals surface area contributed by atoms with E-state index >= 15 is 0 Å². The van der Waals surface area contributed by atoms with Gasteiger partial charge in [0, 0.05) is 12.2 Å². The molecule has 2 heterocycles. The van der Waals surface area contributed by atoms with Crippen molar-refractivity contribution in [3.8, 4) is 0 Å². The molecule has 56 heavy (non-hydrogen) atoms. The number of aliphatic hydroxyl groups is 6. The SMILES string of the molecule is CS(=O)(=O)NCCCc1ccc(N2C(=O)C(CC[C@H](OC3O[C@H](C(=O)O)[C@@H](O)[C@H](O)[C@H]3O)c3ccc(F)cc3)[C@H]2c2ccc(CCC(O)(CO)CO)cc2)cc1. The molecule has 0 spiro atoms. The van der Waals surface area contributed by atoms with Gasteiger partial charge in [-0.1, -0.05) is 48.5 Å². The molecular formula is C39H49FN2O13S. The van der Waals surface area contributed by atoms with Crippen LogP contribution in [0.4, 0.5) is 10.1 Å². The molecule has 0 aliphatic carbocycles. The number of aliphatic carboxylic acids is 1. The number of carboxylic acid groups (broad SMARTS) is 1. The minimum absolute atomic E-state index is 0.106. The quantitative estimate of drug-likeness (QED) is 0.0626. The van der Waals surface area contributed by atoms with E-state index in [1.54, 1.807) is 4.90 Å². The minimum Gasteiger partial charge on any atom is -0.479 e. The van der Waals surface area contributed by atoms with Gasteiger partial charge in [0.2, 0.25) is 15.9 Å². The number of sulfonamides is 1. The number of hydrogen-bond acceptors (Lipinski definition) is 12. The summed E-state index contributed by atoms with van der Waals surface area (Å²) in [6.45, 7) is -0.923. The van der Waals surface area contributed by atoms with E-state index in [1.165, 1.54) is 24.3 Å². The van der Waals surface area contributed by atoms with Gasteiger partial charge in [0.15, 0.2) is 12.4 Å². The zero-order valence-corrected chi connectivity index (χ0v) is 31.5. The van der Waals surface area contributed by atoms with Crippen LogP contribution < -0.4 is 9.62 Å². The van der Waals surface area contributed by atoms with Gasteiger partial charge in [-0.05, 0) is 85.0 Å². The number of ether oxygens (including phenoxy) is 2. The summed E-state index contributed by atoms with van der Waals surface area (Å²) in [5.41, 5.74) is 1.94. The van der Waals surface area contributed by atoms with E-state index < -0.39 is 89.4 Å². The van der Waals surface area contributed by atoms with E-state index in [4.69, 9.17) is 9.47 Å². The average Bonchev–Trinajstić information content (AvgIpc) is 3.17. The first kappa shape index (κ1) is 43.2. The number of hydrogen-bond donors (Lipinski definition) is 8. The number of anilines is 1. The van der Waals surface area contributed by atoms with Gasteiger partial charge in [0.25, 0.3) is 0 Å². The molecule has 3 aromatic rings. The van der Waals surface area contributed by atoms with Gasteiger partial charge in [-0.2, -0.15) is 0 Å². The van der Waals surface area contributed by atoms with Crippen LogP contribution >= 0.6 is 0 Å². The Hall–Kier alpha value is -3.88. The van der Waals surface area contributed by atoms with Gasteiger partial charge in [-0.3, -0.25) is 4.79 Å². The number of carbonyl (C=O) groups excluding carboxylic acids is 1. The Kier molecular flexibility index (Phi) is 14.4. The molecule has 8 N–H and O–H groups in total. The van der Waals surface area contributed by atoms with Crippen LogP contribution in [0.2, 0.25) is 0 Å². The lowest BCUT2D eigenvalue weighted by Crippen LogP contribution is -2.60. The molecule has 3 aromatic carbocycles. The highest BCUT2D eigenvalue weighted by molar-refractivity contribution is 7.88. The molecule has 2 fully saturated rings. The van der Waals surface area contributed by atoms with Crippen molar-refractivity contribution in [2.24, 2.45) is 5.92 Å². The fourth-order valence-electron chi connectivity index (χ4n) is 6.99. The molecule has 2 aliphatic heterocycles. The molecule has 1 amide bonds. The number of benzene rings is 3. The second-order valence-corrected chi connectivity index (χ2v) is 16.3. The number of β-lactam (4-membered cyclic amide) rings is 1. The number of aliphatic hydroxyl groups excluding tert-OH is 5. The highest BCUT2D eigenvalue weighted by Gasteiger charge is 2.50. The molecule has 0 bridgehead atoms. The summed E-state index contributed by atoms with van der Waals surface area (Å²) in [5.74, 6) is -2.94. The first-order valence-corrected chi connectivity index (χ1v) is 20.2. The lowest BCUT2D eigenvalue weighted by atomic mass is 9.78. The smallest absolute Gasteiger partial charge is 0.335 e. The zero-order chi connectivity index (χ0) is 40.8. The van der Waals surface area contributed by atoms with E-state index in [1.807, 2.05) is 48.5 Å². The summed E-state index contributed by atoms with van der Waals surface area (Å²) >= 11 is 0. The van der Waals surface area contributed by atoms with Crippen molar-refractivity contribution < 1.29 is 67.6 Å². The molecule has 17 heteroatoms. The van der Waals surface area contributed by atoms with Crippen LogP contribution in [0.25, 0.3) is 0 Å².